The van der Waals surface area contributed by atoms with Crippen molar-refractivity contribution in [3.8, 4) is 0 Å². The van der Waals surface area contributed by atoms with Crippen LogP contribution in [-0.2, 0) is 21.2 Å². The van der Waals surface area contributed by atoms with E-state index in [4.69, 9.17) is 4.74 Å². The molecule has 0 bridgehead atoms. The van der Waals surface area contributed by atoms with Crippen molar-refractivity contribution in [2.75, 3.05) is 11.3 Å². The van der Waals surface area contributed by atoms with E-state index in [0.717, 1.165) is 25.7 Å². The fourth-order valence-corrected chi connectivity index (χ4v) is 4.35. The minimum absolute atomic E-state index is 0.188. The van der Waals surface area contributed by atoms with Crippen molar-refractivity contribution in [3.63, 3.8) is 0 Å². The summed E-state index contributed by atoms with van der Waals surface area (Å²) >= 11 is 0. The monoisotopic (exact) mass is 432 g/mol. The Labute approximate surface area is 166 Å². The van der Waals surface area contributed by atoms with E-state index >= 15 is 0 Å². The number of aromatic amines is 1. The molecular weight excluding hydrogens is 409 g/mol. The van der Waals surface area contributed by atoms with Crippen LogP contribution in [0.15, 0.2) is 18.2 Å². The highest BCUT2D eigenvalue weighted by atomic mass is 32.2. The van der Waals surface area contributed by atoms with Gasteiger partial charge in [-0.3, -0.25) is 4.72 Å². The molecule has 0 amide bonds. The number of sulfonamides is 1. The molecule has 1 aromatic carbocycles. The second-order valence-corrected chi connectivity index (χ2v) is 8.89. The number of anilines is 1. The highest BCUT2D eigenvalue weighted by molar-refractivity contribution is 7.93. The van der Waals surface area contributed by atoms with Crippen LogP contribution in [0.25, 0.3) is 10.9 Å². The van der Waals surface area contributed by atoms with Crippen LogP contribution in [0, 0.1) is 5.92 Å². The van der Waals surface area contributed by atoms with Gasteiger partial charge in [0.2, 0.25) is 0 Å². The molecule has 160 valence electrons. The molecule has 0 spiro atoms. The number of carbonyl (C=O) groups excluding carboxylic acids is 1. The highest BCUT2D eigenvalue weighted by Crippen LogP contribution is 2.34. The lowest BCUT2D eigenvalue weighted by molar-refractivity contribution is -0.0429. The number of rotatable bonds is 6. The summed E-state index contributed by atoms with van der Waals surface area (Å²) in [7, 11) is -5.53. The van der Waals surface area contributed by atoms with Crippen molar-refractivity contribution >= 4 is 32.6 Å². The SMILES string of the molecule is CCOC(=O)c1[nH]c2ccc(NS(=O)(=O)C(F)(F)F)cc2c1CC1CCCCC1. The first-order chi connectivity index (χ1) is 13.6. The molecule has 0 aliphatic heterocycles. The molecule has 0 atom stereocenters. The summed E-state index contributed by atoms with van der Waals surface area (Å²) in [6.07, 6.45) is 5.95. The van der Waals surface area contributed by atoms with Crippen LogP contribution < -0.4 is 4.72 Å². The summed E-state index contributed by atoms with van der Waals surface area (Å²) in [6.45, 7) is 1.87. The van der Waals surface area contributed by atoms with E-state index < -0.39 is 21.5 Å². The van der Waals surface area contributed by atoms with Crippen molar-refractivity contribution in [2.24, 2.45) is 5.92 Å². The average Bonchev–Trinajstić information content (AvgIpc) is 2.99. The molecule has 1 aromatic heterocycles. The molecule has 2 N–H and O–H groups in total. The molecule has 1 aliphatic rings. The summed E-state index contributed by atoms with van der Waals surface area (Å²) in [5.74, 6) is -0.182. The summed E-state index contributed by atoms with van der Waals surface area (Å²) in [5, 5.41) is 0.515. The fourth-order valence-electron chi connectivity index (χ4n) is 3.79. The fraction of sp³-hybridized carbons (Fsp3) is 0.526. The second-order valence-electron chi connectivity index (χ2n) is 7.22. The first kappa shape index (κ1) is 21.5. The number of esters is 1. The molecular formula is C19H23F3N2O4S. The standard InChI is InChI=1S/C19H23F3N2O4S/c1-2-28-18(25)17-15(10-12-6-4-3-5-7-12)14-11-13(8-9-16(14)23-17)24-29(26,27)19(20,21)22/h8-9,11-12,23-24H,2-7,10H2,1H3. The maximum Gasteiger partial charge on any atom is 0.516 e. The number of H-pyrrole nitrogens is 1. The van der Waals surface area contributed by atoms with E-state index in [1.165, 1.54) is 24.6 Å². The zero-order valence-electron chi connectivity index (χ0n) is 15.9. The molecule has 2 aromatic rings. The minimum atomic E-state index is -5.53. The zero-order chi connectivity index (χ0) is 21.2. The Balaban J connectivity index is 2.02. The quantitative estimate of drug-likeness (QED) is 0.646. The predicted octanol–water partition coefficient (Wildman–Crippen LogP) is 4.73. The highest BCUT2D eigenvalue weighted by Gasteiger charge is 2.46. The van der Waals surface area contributed by atoms with Gasteiger partial charge in [0.1, 0.15) is 5.69 Å². The van der Waals surface area contributed by atoms with Gasteiger partial charge in [-0.2, -0.15) is 21.6 Å². The number of halogens is 3. The normalized spacial score (nSPS) is 16.1. The predicted molar refractivity (Wildman–Crippen MR) is 103 cm³/mol. The van der Waals surface area contributed by atoms with Gasteiger partial charge in [-0.15, -0.1) is 0 Å². The van der Waals surface area contributed by atoms with Gasteiger partial charge in [0.15, 0.2) is 0 Å². The number of ether oxygens (including phenoxy) is 1. The smallest absolute Gasteiger partial charge is 0.461 e. The number of hydrogen-bond donors (Lipinski definition) is 2. The van der Waals surface area contributed by atoms with Gasteiger partial charge in [0.05, 0.1) is 6.61 Å². The lowest BCUT2D eigenvalue weighted by Gasteiger charge is -2.21. The average molecular weight is 432 g/mol. The van der Waals surface area contributed by atoms with Crippen molar-refractivity contribution in [2.45, 2.75) is 51.0 Å². The minimum Gasteiger partial charge on any atom is -0.461 e. The summed E-state index contributed by atoms with van der Waals surface area (Å²) < 4.78 is 67.6. The molecule has 10 heteroatoms. The molecule has 0 saturated heterocycles. The first-order valence-electron chi connectivity index (χ1n) is 9.53. The van der Waals surface area contributed by atoms with E-state index in [2.05, 4.69) is 4.98 Å². The van der Waals surface area contributed by atoms with Crippen molar-refractivity contribution in [3.05, 3.63) is 29.5 Å². The zero-order valence-corrected chi connectivity index (χ0v) is 16.8. The Morgan fingerprint density at radius 3 is 2.55 bits per heavy atom. The summed E-state index contributed by atoms with van der Waals surface area (Å²) in [4.78, 5) is 15.4. The van der Waals surface area contributed by atoms with Gasteiger partial charge in [-0.25, -0.2) is 4.79 Å². The van der Waals surface area contributed by atoms with E-state index in [-0.39, 0.29) is 18.0 Å². The molecule has 0 radical (unpaired) electrons. The molecule has 0 unspecified atom stereocenters. The lowest BCUT2D eigenvalue weighted by atomic mass is 9.84. The number of carbonyl (C=O) groups is 1. The molecule has 6 nitrogen and oxygen atoms in total. The third-order valence-corrected chi connectivity index (χ3v) is 6.27. The topological polar surface area (TPSA) is 88.3 Å². The first-order valence-corrected chi connectivity index (χ1v) is 11.0. The molecule has 1 aliphatic carbocycles. The Hall–Kier alpha value is -2.23. The maximum atomic E-state index is 12.7. The van der Waals surface area contributed by atoms with Crippen molar-refractivity contribution in [1.82, 2.24) is 4.98 Å². The number of fused-ring (bicyclic) bond motifs is 1. The van der Waals surface area contributed by atoms with Gasteiger partial charge < -0.3 is 9.72 Å². The number of nitrogens with one attached hydrogen (secondary N) is 2. The Bertz CT molecular complexity index is 993. The van der Waals surface area contributed by atoms with Gasteiger partial charge in [0, 0.05) is 16.6 Å². The largest absolute Gasteiger partial charge is 0.516 e. The Morgan fingerprint density at radius 2 is 1.93 bits per heavy atom. The van der Waals surface area contributed by atoms with E-state index in [1.54, 1.807) is 11.6 Å². The third kappa shape index (κ3) is 4.68. The van der Waals surface area contributed by atoms with Crippen LogP contribution in [-0.4, -0.2) is 31.5 Å². The molecule has 1 saturated carbocycles. The number of benzene rings is 1. The Kier molecular flexibility index (Phi) is 6.11. The van der Waals surface area contributed by atoms with Crippen molar-refractivity contribution < 1.29 is 31.1 Å². The molecule has 3 rings (SSSR count). The Morgan fingerprint density at radius 1 is 1.24 bits per heavy atom. The lowest BCUT2D eigenvalue weighted by Crippen LogP contribution is -2.29. The number of alkyl halides is 3. The van der Waals surface area contributed by atoms with Crippen LogP contribution in [0.2, 0.25) is 0 Å². The van der Waals surface area contributed by atoms with Crippen molar-refractivity contribution in [1.29, 1.82) is 0 Å². The summed E-state index contributed by atoms with van der Waals surface area (Å²) in [6, 6.07) is 4.01. The van der Waals surface area contributed by atoms with Crippen LogP contribution in [0.4, 0.5) is 18.9 Å². The van der Waals surface area contributed by atoms with E-state index in [9.17, 15) is 26.4 Å². The van der Waals surface area contributed by atoms with Crippen LogP contribution in [0.5, 0.6) is 0 Å². The van der Waals surface area contributed by atoms with Gasteiger partial charge in [-0.05, 0) is 43.0 Å². The van der Waals surface area contributed by atoms with Gasteiger partial charge >= 0.3 is 21.5 Å². The second kappa shape index (κ2) is 8.25. The van der Waals surface area contributed by atoms with E-state index in [1.807, 2.05) is 0 Å². The molecule has 1 fully saturated rings. The van der Waals surface area contributed by atoms with Gasteiger partial charge in [-0.1, -0.05) is 32.1 Å². The van der Waals surface area contributed by atoms with Crippen LogP contribution >= 0.6 is 0 Å². The summed E-state index contributed by atoms with van der Waals surface area (Å²) in [5.41, 5.74) is -4.18. The van der Waals surface area contributed by atoms with Gasteiger partial charge in [0.25, 0.3) is 0 Å². The van der Waals surface area contributed by atoms with E-state index in [0.29, 0.717) is 28.8 Å². The van der Waals surface area contributed by atoms with Crippen LogP contribution in [0.3, 0.4) is 0 Å². The molecule has 1 heterocycles. The maximum absolute atomic E-state index is 12.7. The number of hydrogen-bond acceptors (Lipinski definition) is 4. The number of aromatic nitrogens is 1. The van der Waals surface area contributed by atoms with Crippen LogP contribution in [0.1, 0.15) is 55.1 Å². The molecule has 29 heavy (non-hydrogen) atoms. The third-order valence-electron chi connectivity index (χ3n) is 5.16.